The molecule has 2 saturated heterocycles. The van der Waals surface area contributed by atoms with E-state index in [1.54, 1.807) is 30.5 Å². The van der Waals surface area contributed by atoms with Crippen molar-refractivity contribution in [1.82, 2.24) is 14.2 Å². The van der Waals surface area contributed by atoms with Crippen molar-refractivity contribution < 1.29 is 13.2 Å². The predicted octanol–water partition coefficient (Wildman–Crippen LogP) is 2.02. The molecule has 1 spiro atoms. The standard InChI is InChI=1S/C18H27N3O3S/c1-15(2)25(23,24)21-11-3-7-18(14-21)8-4-17(22)20(13-18)12-16-5-9-19-10-6-16/h5-6,9-10,15H,3-4,7-8,11-14H2,1-2H3/t18-/m0/s1. The topological polar surface area (TPSA) is 70.6 Å². The molecule has 6 nitrogen and oxygen atoms in total. The van der Waals surface area contributed by atoms with E-state index in [2.05, 4.69) is 4.98 Å². The molecular weight excluding hydrogens is 338 g/mol. The van der Waals surface area contributed by atoms with Crippen molar-refractivity contribution in [2.75, 3.05) is 19.6 Å². The molecule has 0 unspecified atom stereocenters. The first kappa shape index (κ1) is 18.3. The van der Waals surface area contributed by atoms with Crippen LogP contribution in [-0.2, 0) is 21.4 Å². The van der Waals surface area contributed by atoms with Crippen molar-refractivity contribution in [1.29, 1.82) is 0 Å². The molecule has 2 fully saturated rings. The summed E-state index contributed by atoms with van der Waals surface area (Å²) in [5.41, 5.74) is 0.948. The van der Waals surface area contributed by atoms with Crippen LogP contribution in [0.2, 0.25) is 0 Å². The number of carbonyl (C=O) groups is 1. The normalized spacial score (nSPS) is 25.7. The third kappa shape index (κ3) is 3.87. The summed E-state index contributed by atoms with van der Waals surface area (Å²) < 4.78 is 26.8. The first-order valence-corrected chi connectivity index (χ1v) is 10.5. The van der Waals surface area contributed by atoms with Crippen molar-refractivity contribution in [3.05, 3.63) is 30.1 Å². The van der Waals surface area contributed by atoms with Crippen LogP contribution in [0.15, 0.2) is 24.5 Å². The number of carbonyl (C=O) groups excluding carboxylic acids is 1. The van der Waals surface area contributed by atoms with Gasteiger partial charge in [-0.05, 0) is 50.8 Å². The van der Waals surface area contributed by atoms with Crippen LogP contribution in [0.4, 0.5) is 0 Å². The molecule has 3 rings (SSSR count). The van der Waals surface area contributed by atoms with Gasteiger partial charge in [-0.15, -0.1) is 0 Å². The third-order valence-electron chi connectivity index (χ3n) is 5.45. The van der Waals surface area contributed by atoms with Gasteiger partial charge in [-0.1, -0.05) is 0 Å². The largest absolute Gasteiger partial charge is 0.338 e. The van der Waals surface area contributed by atoms with E-state index in [9.17, 15) is 13.2 Å². The molecule has 138 valence electrons. The molecule has 2 aliphatic rings. The number of likely N-dealkylation sites (tertiary alicyclic amines) is 1. The Bertz CT molecular complexity index is 720. The number of sulfonamides is 1. The van der Waals surface area contributed by atoms with E-state index in [1.807, 2.05) is 17.0 Å². The van der Waals surface area contributed by atoms with Gasteiger partial charge in [0.1, 0.15) is 0 Å². The minimum absolute atomic E-state index is 0.110. The van der Waals surface area contributed by atoms with E-state index in [-0.39, 0.29) is 11.3 Å². The van der Waals surface area contributed by atoms with Crippen molar-refractivity contribution >= 4 is 15.9 Å². The molecule has 1 amide bonds. The number of pyridine rings is 1. The summed E-state index contributed by atoms with van der Waals surface area (Å²) in [6, 6.07) is 3.84. The van der Waals surface area contributed by atoms with Gasteiger partial charge in [-0.3, -0.25) is 9.78 Å². The maximum Gasteiger partial charge on any atom is 0.222 e. The van der Waals surface area contributed by atoms with Crippen LogP contribution in [0.3, 0.4) is 0 Å². The zero-order valence-electron chi connectivity index (χ0n) is 15.0. The van der Waals surface area contributed by atoms with Crippen molar-refractivity contribution in [2.24, 2.45) is 5.41 Å². The lowest BCUT2D eigenvalue weighted by molar-refractivity contribution is -0.139. The quantitative estimate of drug-likeness (QED) is 0.818. The Morgan fingerprint density at radius 1 is 1.20 bits per heavy atom. The Kier molecular flexibility index (Phi) is 5.16. The molecule has 0 saturated carbocycles. The fourth-order valence-electron chi connectivity index (χ4n) is 3.97. The Hall–Kier alpha value is -1.47. The summed E-state index contributed by atoms with van der Waals surface area (Å²) in [7, 11) is -3.24. The number of nitrogens with zero attached hydrogens (tertiary/aromatic N) is 3. The molecule has 0 N–H and O–H groups in total. The Morgan fingerprint density at radius 3 is 2.60 bits per heavy atom. The highest BCUT2D eigenvalue weighted by molar-refractivity contribution is 7.89. The summed E-state index contributed by atoms with van der Waals surface area (Å²) in [4.78, 5) is 18.3. The SMILES string of the molecule is CC(C)S(=O)(=O)N1CCC[C@@]2(CCC(=O)N(Cc3ccncc3)C2)C1. The lowest BCUT2D eigenvalue weighted by Crippen LogP contribution is -2.55. The summed E-state index contributed by atoms with van der Waals surface area (Å²) in [6.07, 6.45) is 6.60. The van der Waals surface area contributed by atoms with Gasteiger partial charge in [0.15, 0.2) is 0 Å². The van der Waals surface area contributed by atoms with Crippen LogP contribution in [-0.4, -0.2) is 53.4 Å². The molecule has 7 heteroatoms. The summed E-state index contributed by atoms with van der Waals surface area (Å²) in [5.74, 6) is 0.159. The van der Waals surface area contributed by atoms with Gasteiger partial charge in [0.25, 0.3) is 0 Å². The monoisotopic (exact) mass is 365 g/mol. The summed E-state index contributed by atoms with van der Waals surface area (Å²) in [5, 5.41) is -0.402. The van der Waals surface area contributed by atoms with E-state index < -0.39 is 15.3 Å². The maximum atomic E-state index is 12.6. The maximum absolute atomic E-state index is 12.6. The Balaban J connectivity index is 1.76. The number of hydrogen-bond acceptors (Lipinski definition) is 4. The van der Waals surface area contributed by atoms with E-state index >= 15 is 0 Å². The molecule has 0 aromatic carbocycles. The van der Waals surface area contributed by atoms with Crippen LogP contribution in [0.5, 0.6) is 0 Å². The predicted molar refractivity (Wildman–Crippen MR) is 96.2 cm³/mol. The van der Waals surface area contributed by atoms with Gasteiger partial charge < -0.3 is 4.90 Å². The van der Waals surface area contributed by atoms with E-state index in [0.717, 1.165) is 24.8 Å². The lowest BCUT2D eigenvalue weighted by Gasteiger charge is -2.48. The number of piperidine rings is 2. The van der Waals surface area contributed by atoms with E-state index in [4.69, 9.17) is 0 Å². The molecular formula is C18H27N3O3S. The zero-order chi connectivity index (χ0) is 18.1. The lowest BCUT2D eigenvalue weighted by atomic mass is 9.74. The number of rotatable bonds is 4. The summed E-state index contributed by atoms with van der Waals surface area (Å²) >= 11 is 0. The first-order chi connectivity index (χ1) is 11.8. The van der Waals surface area contributed by atoms with Gasteiger partial charge in [0.05, 0.1) is 5.25 Å². The average Bonchev–Trinajstić information content (AvgIpc) is 2.59. The molecule has 1 atom stereocenters. The van der Waals surface area contributed by atoms with E-state index in [1.165, 1.54) is 0 Å². The van der Waals surface area contributed by atoms with Gasteiger partial charge in [0, 0.05) is 50.4 Å². The second-order valence-corrected chi connectivity index (χ2v) is 10.1. The van der Waals surface area contributed by atoms with Crippen molar-refractivity contribution in [3.63, 3.8) is 0 Å². The highest BCUT2D eigenvalue weighted by Crippen LogP contribution is 2.40. The number of hydrogen-bond donors (Lipinski definition) is 0. The van der Waals surface area contributed by atoms with Crippen LogP contribution in [0.1, 0.15) is 45.1 Å². The number of aromatic nitrogens is 1. The highest BCUT2D eigenvalue weighted by Gasteiger charge is 2.44. The molecule has 0 radical (unpaired) electrons. The summed E-state index contributed by atoms with van der Waals surface area (Å²) in [6.45, 7) is 5.81. The molecule has 1 aromatic rings. The molecule has 1 aromatic heterocycles. The molecule has 0 bridgehead atoms. The van der Waals surface area contributed by atoms with Crippen molar-refractivity contribution in [2.45, 2.75) is 51.3 Å². The Labute approximate surface area is 150 Å². The van der Waals surface area contributed by atoms with E-state index in [0.29, 0.717) is 32.6 Å². The fraction of sp³-hybridized carbons (Fsp3) is 0.667. The Morgan fingerprint density at radius 2 is 1.92 bits per heavy atom. The van der Waals surface area contributed by atoms with Gasteiger partial charge in [0.2, 0.25) is 15.9 Å². The van der Waals surface area contributed by atoms with Gasteiger partial charge >= 0.3 is 0 Å². The third-order valence-corrected chi connectivity index (χ3v) is 7.68. The van der Waals surface area contributed by atoms with Crippen LogP contribution in [0, 0.1) is 5.41 Å². The molecule has 2 aliphatic heterocycles. The van der Waals surface area contributed by atoms with Crippen molar-refractivity contribution in [3.8, 4) is 0 Å². The smallest absolute Gasteiger partial charge is 0.222 e. The minimum atomic E-state index is -3.24. The highest BCUT2D eigenvalue weighted by atomic mass is 32.2. The van der Waals surface area contributed by atoms with Gasteiger partial charge in [-0.2, -0.15) is 0 Å². The van der Waals surface area contributed by atoms with Crippen LogP contribution < -0.4 is 0 Å². The molecule has 25 heavy (non-hydrogen) atoms. The zero-order valence-corrected chi connectivity index (χ0v) is 15.8. The molecule has 0 aliphatic carbocycles. The average molecular weight is 365 g/mol. The second-order valence-electron chi connectivity index (χ2n) is 7.64. The minimum Gasteiger partial charge on any atom is -0.338 e. The first-order valence-electron chi connectivity index (χ1n) is 8.98. The van der Waals surface area contributed by atoms with Crippen LogP contribution in [0.25, 0.3) is 0 Å². The number of amides is 1. The van der Waals surface area contributed by atoms with Gasteiger partial charge in [-0.25, -0.2) is 12.7 Å². The fourth-order valence-corrected chi connectivity index (χ4v) is 5.40. The second kappa shape index (κ2) is 7.03. The molecule has 3 heterocycles. The van der Waals surface area contributed by atoms with Crippen LogP contribution >= 0.6 is 0 Å².